The summed E-state index contributed by atoms with van der Waals surface area (Å²) in [6.07, 6.45) is 0.458. The van der Waals surface area contributed by atoms with Gasteiger partial charge < -0.3 is 25.1 Å². The predicted octanol–water partition coefficient (Wildman–Crippen LogP) is 4.35. The van der Waals surface area contributed by atoms with Crippen molar-refractivity contribution in [3.05, 3.63) is 47.4 Å². The highest BCUT2D eigenvalue weighted by molar-refractivity contribution is 5.99. The Kier molecular flexibility index (Phi) is 6.26. The van der Waals surface area contributed by atoms with E-state index in [0.717, 1.165) is 67.0 Å². The number of fused-ring (bicyclic) bond motifs is 1. The number of anilines is 1. The molecule has 2 aliphatic heterocycles. The van der Waals surface area contributed by atoms with E-state index in [0.29, 0.717) is 19.7 Å². The second-order valence-electron chi connectivity index (χ2n) is 9.00. The maximum absolute atomic E-state index is 13.0. The number of pyridine rings is 1. The summed E-state index contributed by atoms with van der Waals surface area (Å²) in [4.78, 5) is 27.4. The average molecular weight is 489 g/mol. The van der Waals surface area contributed by atoms with Crippen molar-refractivity contribution in [3.8, 4) is 5.75 Å². The smallest absolute Gasteiger partial charge is 0.406 e. The number of nitrogens with two attached hydrogens (primary N) is 1. The number of aromatic amines is 1. The molecule has 1 aromatic carbocycles. The highest BCUT2D eigenvalue weighted by atomic mass is 19.4. The summed E-state index contributed by atoms with van der Waals surface area (Å²) in [6.45, 7) is 2.44. The molecule has 11 heteroatoms. The maximum Gasteiger partial charge on any atom is 0.573 e. The van der Waals surface area contributed by atoms with E-state index >= 15 is 0 Å². The predicted molar refractivity (Wildman–Crippen MR) is 122 cm³/mol. The van der Waals surface area contributed by atoms with E-state index < -0.39 is 12.1 Å². The van der Waals surface area contributed by atoms with Gasteiger partial charge in [-0.1, -0.05) is 0 Å². The van der Waals surface area contributed by atoms with E-state index in [1.807, 2.05) is 6.07 Å². The van der Waals surface area contributed by atoms with Gasteiger partial charge in [-0.25, -0.2) is 9.97 Å². The first-order valence-corrected chi connectivity index (χ1v) is 11.7. The Bertz CT molecular complexity index is 1210. The minimum atomic E-state index is -4.82. The molecule has 0 bridgehead atoms. The Morgan fingerprint density at radius 1 is 1.17 bits per heavy atom. The van der Waals surface area contributed by atoms with Crippen LogP contribution in [0.25, 0.3) is 11.2 Å². The van der Waals surface area contributed by atoms with Crippen LogP contribution in [0.15, 0.2) is 30.5 Å². The molecule has 2 aromatic heterocycles. The molecule has 0 spiro atoms. The van der Waals surface area contributed by atoms with Gasteiger partial charge in [0, 0.05) is 43.6 Å². The lowest BCUT2D eigenvalue weighted by Gasteiger charge is -2.32. The Labute approximate surface area is 199 Å². The Hall–Kier alpha value is -3.34. The second-order valence-corrected chi connectivity index (χ2v) is 9.00. The molecular weight excluding hydrogens is 463 g/mol. The first-order valence-electron chi connectivity index (χ1n) is 11.7. The number of carbonyl (C=O) groups is 1. The lowest BCUT2D eigenvalue weighted by Crippen LogP contribution is -2.38. The number of amides is 1. The number of hydrogen-bond acceptors (Lipinski definition) is 6. The molecule has 3 N–H and O–H groups in total. The minimum Gasteiger partial charge on any atom is -0.406 e. The minimum absolute atomic E-state index is 0.0505. The molecule has 5 rings (SSSR count). The highest BCUT2D eigenvalue weighted by Gasteiger charge is 2.32. The second kappa shape index (κ2) is 9.37. The molecule has 3 aromatic rings. The van der Waals surface area contributed by atoms with Crippen LogP contribution in [0.4, 0.5) is 18.9 Å². The van der Waals surface area contributed by atoms with E-state index in [1.165, 1.54) is 6.07 Å². The van der Waals surface area contributed by atoms with Crippen LogP contribution in [-0.4, -0.2) is 58.4 Å². The third-order valence-electron chi connectivity index (χ3n) is 6.69. The first kappa shape index (κ1) is 23.4. The van der Waals surface area contributed by atoms with Crippen LogP contribution in [-0.2, 0) is 4.74 Å². The third kappa shape index (κ3) is 5.04. The Morgan fingerprint density at radius 2 is 1.97 bits per heavy atom. The van der Waals surface area contributed by atoms with E-state index in [2.05, 4.69) is 14.7 Å². The molecule has 0 unspecified atom stereocenters. The fourth-order valence-corrected chi connectivity index (χ4v) is 4.92. The van der Waals surface area contributed by atoms with E-state index in [4.69, 9.17) is 15.5 Å². The van der Waals surface area contributed by atoms with Crippen molar-refractivity contribution in [3.63, 3.8) is 0 Å². The van der Waals surface area contributed by atoms with E-state index in [9.17, 15) is 18.0 Å². The molecule has 0 saturated carbocycles. The third-order valence-corrected chi connectivity index (χ3v) is 6.69. The van der Waals surface area contributed by atoms with Crippen LogP contribution in [0.5, 0.6) is 5.75 Å². The molecule has 186 valence electrons. The van der Waals surface area contributed by atoms with E-state index in [1.54, 1.807) is 11.1 Å². The summed E-state index contributed by atoms with van der Waals surface area (Å²) in [5.41, 5.74) is 8.71. The quantitative estimate of drug-likeness (QED) is 0.528. The van der Waals surface area contributed by atoms with Crippen LogP contribution in [0.3, 0.4) is 0 Å². The summed E-state index contributed by atoms with van der Waals surface area (Å²) < 4.78 is 46.8. The average Bonchev–Trinajstić information content (AvgIpc) is 3.28. The fourth-order valence-electron chi connectivity index (χ4n) is 4.92. The first-order chi connectivity index (χ1) is 16.8. The number of alkyl halides is 3. The fraction of sp³-hybridized carbons (Fsp3) is 0.458. The molecule has 1 atom stereocenters. The largest absolute Gasteiger partial charge is 0.573 e. The summed E-state index contributed by atoms with van der Waals surface area (Å²) >= 11 is 0. The molecule has 0 radical (unpaired) electrons. The van der Waals surface area contributed by atoms with Crippen LogP contribution in [0, 0.1) is 0 Å². The number of aromatic nitrogens is 3. The molecule has 2 aliphatic rings. The standard InChI is InChI=1S/C24H26F3N5O3/c25-24(26,27)35-16-3-4-18(19(28)12-16)23(33)32-9-6-14(7-10-32)17-5-8-29-22-20(17)30-21(31-22)15-2-1-11-34-13-15/h3-5,8,12,14-15H,1-2,6-7,9-11,13,28H2,(H,29,30,31)/t15-/m0/s1. The molecule has 2 fully saturated rings. The number of nitrogen functional groups attached to an aromatic ring is 1. The van der Waals surface area contributed by atoms with Gasteiger partial charge in [0.05, 0.1) is 12.2 Å². The van der Waals surface area contributed by atoms with Gasteiger partial charge in [0.25, 0.3) is 5.91 Å². The Balaban J connectivity index is 1.27. The SMILES string of the molecule is Nc1cc(OC(F)(F)F)ccc1C(=O)N1CCC(c2ccnc3[nH]c([C@H]4CCCOC4)nc23)CC1. The summed E-state index contributed by atoms with van der Waals surface area (Å²) in [5.74, 6) is 0.594. The van der Waals surface area contributed by atoms with Gasteiger partial charge in [0.2, 0.25) is 0 Å². The zero-order chi connectivity index (χ0) is 24.6. The number of piperidine rings is 1. The molecule has 0 aliphatic carbocycles. The molecule has 35 heavy (non-hydrogen) atoms. The van der Waals surface area contributed by atoms with Crippen molar-refractivity contribution < 1.29 is 27.4 Å². The van der Waals surface area contributed by atoms with Gasteiger partial charge in [-0.2, -0.15) is 0 Å². The maximum atomic E-state index is 13.0. The number of imidazole rings is 1. The Morgan fingerprint density at radius 3 is 2.66 bits per heavy atom. The number of nitrogens with zero attached hydrogens (tertiary/aromatic N) is 3. The van der Waals surface area contributed by atoms with Gasteiger partial charge in [-0.3, -0.25) is 4.79 Å². The van der Waals surface area contributed by atoms with Crippen LogP contribution in [0.1, 0.15) is 59.3 Å². The van der Waals surface area contributed by atoms with E-state index in [-0.39, 0.29) is 29.0 Å². The normalized spacial score (nSPS) is 19.7. The topological polar surface area (TPSA) is 106 Å². The van der Waals surface area contributed by atoms with Crippen molar-refractivity contribution in [1.29, 1.82) is 0 Å². The number of rotatable bonds is 4. The van der Waals surface area contributed by atoms with Crippen molar-refractivity contribution in [2.24, 2.45) is 0 Å². The van der Waals surface area contributed by atoms with Gasteiger partial charge >= 0.3 is 6.36 Å². The van der Waals surface area contributed by atoms with Crippen molar-refractivity contribution in [1.82, 2.24) is 19.9 Å². The summed E-state index contributed by atoms with van der Waals surface area (Å²) in [5, 5.41) is 0. The number of benzene rings is 1. The molecule has 8 nitrogen and oxygen atoms in total. The number of carbonyl (C=O) groups excluding carboxylic acids is 1. The lowest BCUT2D eigenvalue weighted by molar-refractivity contribution is -0.274. The van der Waals surface area contributed by atoms with Crippen molar-refractivity contribution >= 4 is 22.8 Å². The number of ether oxygens (including phenoxy) is 2. The molecular formula is C24H26F3N5O3. The number of hydrogen-bond donors (Lipinski definition) is 2. The van der Waals surface area contributed by atoms with Gasteiger partial charge in [-0.05, 0) is 55.4 Å². The number of H-pyrrole nitrogens is 1. The van der Waals surface area contributed by atoms with Gasteiger partial charge in [0.15, 0.2) is 5.65 Å². The van der Waals surface area contributed by atoms with Crippen LogP contribution >= 0.6 is 0 Å². The highest BCUT2D eigenvalue weighted by Crippen LogP contribution is 2.34. The number of nitrogens with one attached hydrogen (secondary N) is 1. The lowest BCUT2D eigenvalue weighted by atomic mass is 9.89. The zero-order valence-electron chi connectivity index (χ0n) is 19.0. The number of likely N-dealkylation sites (tertiary alicyclic amines) is 1. The number of halogens is 3. The molecule has 2 saturated heterocycles. The van der Waals surface area contributed by atoms with Crippen LogP contribution in [0.2, 0.25) is 0 Å². The monoisotopic (exact) mass is 489 g/mol. The van der Waals surface area contributed by atoms with Crippen molar-refractivity contribution in [2.45, 2.75) is 43.9 Å². The van der Waals surface area contributed by atoms with Gasteiger partial charge in [0.1, 0.15) is 17.1 Å². The summed E-state index contributed by atoms with van der Waals surface area (Å²) in [6, 6.07) is 5.39. The van der Waals surface area contributed by atoms with Gasteiger partial charge in [-0.15, -0.1) is 13.2 Å². The van der Waals surface area contributed by atoms with Crippen LogP contribution < -0.4 is 10.5 Å². The summed E-state index contributed by atoms with van der Waals surface area (Å²) in [7, 11) is 0. The van der Waals surface area contributed by atoms with Crippen molar-refractivity contribution in [2.75, 3.05) is 32.0 Å². The molecule has 1 amide bonds. The zero-order valence-corrected chi connectivity index (χ0v) is 19.0. The molecule has 4 heterocycles.